The fraction of sp³-hybridized carbons (Fsp3) is 0.333. The first-order valence-corrected chi connectivity index (χ1v) is 5.82. The molecule has 0 saturated heterocycles. The van der Waals surface area contributed by atoms with Gasteiger partial charge in [-0.25, -0.2) is 4.98 Å². The van der Waals surface area contributed by atoms with Crippen molar-refractivity contribution >= 4 is 11.9 Å². The molecule has 0 bridgehead atoms. The number of aryl methyl sites for hydroxylation is 2. The lowest BCUT2D eigenvalue weighted by molar-refractivity contribution is -0.137. The van der Waals surface area contributed by atoms with Gasteiger partial charge >= 0.3 is 5.97 Å². The number of aliphatic carboxylic acids is 1. The summed E-state index contributed by atoms with van der Waals surface area (Å²) in [6.45, 7) is 1.21. The van der Waals surface area contributed by atoms with E-state index in [-0.39, 0.29) is 11.6 Å². The summed E-state index contributed by atoms with van der Waals surface area (Å²) < 4.78 is 7.02. The van der Waals surface area contributed by atoms with E-state index in [1.165, 1.54) is 7.05 Å². The highest BCUT2D eigenvalue weighted by Gasteiger charge is 2.22. The monoisotopic (exact) mass is 278 g/mol. The van der Waals surface area contributed by atoms with Gasteiger partial charge in [-0.1, -0.05) is 0 Å². The van der Waals surface area contributed by atoms with Gasteiger partial charge in [-0.05, 0) is 6.92 Å². The van der Waals surface area contributed by atoms with Crippen LogP contribution in [0.3, 0.4) is 0 Å². The van der Waals surface area contributed by atoms with Crippen LogP contribution in [0.5, 0.6) is 0 Å². The van der Waals surface area contributed by atoms with Crippen LogP contribution in [0.25, 0.3) is 11.5 Å². The van der Waals surface area contributed by atoms with E-state index < -0.39 is 18.4 Å². The number of rotatable bonds is 4. The number of carbonyl (C=O) groups excluding carboxylic acids is 1. The molecular weight excluding hydrogens is 264 g/mol. The van der Waals surface area contributed by atoms with Gasteiger partial charge in [-0.2, -0.15) is 5.10 Å². The number of carbonyl (C=O) groups is 2. The first kappa shape index (κ1) is 13.8. The Morgan fingerprint density at radius 3 is 2.75 bits per heavy atom. The Balaban J connectivity index is 2.27. The molecule has 8 heteroatoms. The molecule has 8 nitrogen and oxygen atoms in total. The molecular formula is C12H14N4O4. The summed E-state index contributed by atoms with van der Waals surface area (Å²) in [5.41, 5.74) is 0.753. The van der Waals surface area contributed by atoms with Gasteiger partial charge in [0, 0.05) is 20.3 Å². The molecule has 20 heavy (non-hydrogen) atoms. The molecule has 2 aromatic rings. The Morgan fingerprint density at radius 1 is 1.50 bits per heavy atom. The predicted molar refractivity (Wildman–Crippen MR) is 68.0 cm³/mol. The second kappa shape index (κ2) is 5.16. The first-order chi connectivity index (χ1) is 9.38. The molecule has 0 aliphatic rings. The zero-order valence-electron chi connectivity index (χ0n) is 11.3. The van der Waals surface area contributed by atoms with E-state index in [0.29, 0.717) is 11.3 Å². The number of aromatic nitrogens is 3. The molecule has 0 atom stereocenters. The van der Waals surface area contributed by atoms with Crippen LogP contribution in [0.15, 0.2) is 16.8 Å². The van der Waals surface area contributed by atoms with Crippen LogP contribution in [0.4, 0.5) is 0 Å². The average molecular weight is 278 g/mol. The van der Waals surface area contributed by atoms with E-state index in [9.17, 15) is 9.59 Å². The number of carboxylic acid groups (broad SMARTS) is 1. The second-order valence-corrected chi connectivity index (χ2v) is 4.38. The SMILES string of the molecule is Cc1oc(-c2cnn(C)c2)nc1C(=O)N(C)CC(=O)O. The van der Waals surface area contributed by atoms with Crippen LogP contribution in [0.2, 0.25) is 0 Å². The van der Waals surface area contributed by atoms with Gasteiger partial charge in [-0.15, -0.1) is 0 Å². The van der Waals surface area contributed by atoms with E-state index in [2.05, 4.69) is 10.1 Å². The molecule has 0 spiro atoms. The van der Waals surface area contributed by atoms with Gasteiger partial charge in [-0.3, -0.25) is 14.3 Å². The Labute approximate surface area is 114 Å². The Kier molecular flexibility index (Phi) is 3.55. The van der Waals surface area contributed by atoms with E-state index >= 15 is 0 Å². The van der Waals surface area contributed by atoms with E-state index in [1.54, 1.807) is 31.0 Å². The highest BCUT2D eigenvalue weighted by Crippen LogP contribution is 2.21. The molecule has 0 aromatic carbocycles. The van der Waals surface area contributed by atoms with E-state index in [0.717, 1.165) is 4.90 Å². The number of oxazole rings is 1. The van der Waals surface area contributed by atoms with Crippen molar-refractivity contribution < 1.29 is 19.1 Å². The Hall–Kier alpha value is -2.64. The van der Waals surface area contributed by atoms with Gasteiger partial charge in [0.15, 0.2) is 5.69 Å². The molecule has 106 valence electrons. The number of amides is 1. The lowest BCUT2D eigenvalue weighted by atomic mass is 10.3. The van der Waals surface area contributed by atoms with Gasteiger partial charge in [0.2, 0.25) is 5.89 Å². The number of likely N-dealkylation sites (N-methyl/N-ethyl adjacent to an activating group) is 1. The molecule has 0 aliphatic heterocycles. The molecule has 2 rings (SSSR count). The number of hydrogen-bond acceptors (Lipinski definition) is 5. The summed E-state index contributed by atoms with van der Waals surface area (Å²) in [6.07, 6.45) is 3.28. The summed E-state index contributed by atoms with van der Waals surface area (Å²) in [5.74, 6) is -0.966. The molecule has 0 unspecified atom stereocenters. The minimum atomic E-state index is -1.09. The topological polar surface area (TPSA) is 101 Å². The Morgan fingerprint density at radius 2 is 2.20 bits per heavy atom. The maximum Gasteiger partial charge on any atom is 0.323 e. The standard InChI is InChI=1S/C12H14N4O4/c1-7-10(12(19)15(2)6-9(17)18)14-11(20-7)8-4-13-16(3)5-8/h4-5H,6H2,1-3H3,(H,17,18). The number of nitrogens with zero attached hydrogens (tertiary/aromatic N) is 4. The zero-order chi connectivity index (χ0) is 14.9. The summed E-state index contributed by atoms with van der Waals surface area (Å²) in [6, 6.07) is 0. The van der Waals surface area contributed by atoms with Crippen molar-refractivity contribution in [1.29, 1.82) is 0 Å². The molecule has 2 aromatic heterocycles. The van der Waals surface area contributed by atoms with Crippen molar-refractivity contribution in [3.05, 3.63) is 23.8 Å². The van der Waals surface area contributed by atoms with Crippen molar-refractivity contribution in [1.82, 2.24) is 19.7 Å². The van der Waals surface area contributed by atoms with Crippen molar-refractivity contribution in [2.45, 2.75) is 6.92 Å². The first-order valence-electron chi connectivity index (χ1n) is 5.82. The van der Waals surface area contributed by atoms with Gasteiger partial charge in [0.25, 0.3) is 5.91 Å². The number of hydrogen-bond donors (Lipinski definition) is 1. The highest BCUT2D eigenvalue weighted by atomic mass is 16.4. The van der Waals surface area contributed by atoms with Crippen molar-refractivity contribution in [2.75, 3.05) is 13.6 Å². The fourth-order valence-corrected chi connectivity index (χ4v) is 1.71. The van der Waals surface area contributed by atoms with Crippen LogP contribution in [-0.2, 0) is 11.8 Å². The maximum atomic E-state index is 12.1. The molecule has 1 N–H and O–H groups in total. The molecule has 0 radical (unpaired) electrons. The predicted octanol–water partition coefficient (Wildman–Crippen LogP) is 0.540. The largest absolute Gasteiger partial charge is 0.480 e. The third-order valence-electron chi connectivity index (χ3n) is 2.67. The molecule has 1 amide bonds. The summed E-state index contributed by atoms with van der Waals surface area (Å²) in [4.78, 5) is 27.9. The summed E-state index contributed by atoms with van der Waals surface area (Å²) >= 11 is 0. The summed E-state index contributed by atoms with van der Waals surface area (Å²) in [7, 11) is 3.15. The van der Waals surface area contributed by atoms with Crippen LogP contribution in [-0.4, -0.2) is 50.2 Å². The minimum Gasteiger partial charge on any atom is -0.480 e. The minimum absolute atomic E-state index is 0.104. The van der Waals surface area contributed by atoms with E-state index in [1.807, 2.05) is 0 Å². The van der Waals surface area contributed by atoms with Crippen LogP contribution in [0.1, 0.15) is 16.2 Å². The van der Waals surface area contributed by atoms with Crippen molar-refractivity contribution in [3.63, 3.8) is 0 Å². The lowest BCUT2D eigenvalue weighted by Gasteiger charge is -2.12. The fourth-order valence-electron chi connectivity index (χ4n) is 1.71. The molecule has 0 aliphatic carbocycles. The highest BCUT2D eigenvalue weighted by molar-refractivity contribution is 5.95. The summed E-state index contributed by atoms with van der Waals surface area (Å²) in [5, 5.41) is 12.7. The van der Waals surface area contributed by atoms with Crippen molar-refractivity contribution in [2.24, 2.45) is 7.05 Å². The molecule has 0 fully saturated rings. The molecule has 2 heterocycles. The van der Waals surface area contributed by atoms with Gasteiger partial charge < -0.3 is 14.4 Å². The van der Waals surface area contributed by atoms with Crippen LogP contribution >= 0.6 is 0 Å². The van der Waals surface area contributed by atoms with Crippen LogP contribution in [0, 0.1) is 6.92 Å². The average Bonchev–Trinajstić information content (AvgIpc) is 2.93. The van der Waals surface area contributed by atoms with Crippen LogP contribution < -0.4 is 0 Å². The second-order valence-electron chi connectivity index (χ2n) is 4.38. The van der Waals surface area contributed by atoms with Gasteiger partial charge in [0.1, 0.15) is 12.3 Å². The third kappa shape index (κ3) is 2.68. The Bertz CT molecular complexity index is 658. The zero-order valence-corrected chi connectivity index (χ0v) is 11.3. The quantitative estimate of drug-likeness (QED) is 0.875. The molecule has 0 saturated carbocycles. The number of carboxylic acids is 1. The lowest BCUT2D eigenvalue weighted by Crippen LogP contribution is -2.32. The smallest absolute Gasteiger partial charge is 0.323 e. The normalized spacial score (nSPS) is 10.6. The van der Waals surface area contributed by atoms with Crippen molar-refractivity contribution in [3.8, 4) is 11.5 Å². The third-order valence-corrected chi connectivity index (χ3v) is 2.67. The maximum absolute atomic E-state index is 12.1. The van der Waals surface area contributed by atoms with E-state index in [4.69, 9.17) is 9.52 Å². The van der Waals surface area contributed by atoms with Gasteiger partial charge in [0.05, 0.1) is 11.8 Å².